The molecule has 0 atom stereocenters. The van der Waals surface area contributed by atoms with E-state index in [1.807, 2.05) is 60.7 Å². The number of thioether (sulfide) groups is 2. The van der Waals surface area contributed by atoms with Crippen LogP contribution < -0.4 is 16.4 Å². The summed E-state index contributed by atoms with van der Waals surface area (Å²) in [5.41, 5.74) is 24.7. The van der Waals surface area contributed by atoms with Crippen LogP contribution in [-0.4, -0.2) is 31.4 Å². The molecule has 4 N–H and O–H groups in total. The summed E-state index contributed by atoms with van der Waals surface area (Å²) in [7, 11) is 0. The van der Waals surface area contributed by atoms with Crippen LogP contribution in [-0.2, 0) is 17.9 Å². The zero-order valence-electron chi connectivity index (χ0n) is 34.5. The van der Waals surface area contributed by atoms with E-state index in [0.717, 1.165) is 38.8 Å². The number of benzene rings is 5. The Morgan fingerprint density at radius 2 is 0.818 bits per heavy atom. The van der Waals surface area contributed by atoms with Gasteiger partial charge in [-0.2, -0.15) is 0 Å². The third-order valence-electron chi connectivity index (χ3n) is 11.3. The molecule has 5 aromatic rings. The fourth-order valence-corrected chi connectivity index (χ4v) is 9.24. The molecule has 0 fully saturated rings. The summed E-state index contributed by atoms with van der Waals surface area (Å²) >= 11 is 3.47. The second-order valence-corrected chi connectivity index (χ2v) is 16.3. The standard InChI is InChI=1S/C27H31NOS.C21H28N2OS/c1-18-19(2)21(4)25(22(5)20(18)3)17-30-26-14-10-9-13-24(26)27(29)28-16-15-23-11-7-6-8-12-23;1-13-14(2)16(4)19(17(5)15(13)3)12-25-20-9-7-6-8-18(20)21(24)23-11-10-22/h6-14H,15-17H2,1-5H3,(H,28,29);6-9H,10-12,22H2,1-5H3,(H,23,24). The summed E-state index contributed by atoms with van der Waals surface area (Å²) in [5, 5.41) is 5.94. The van der Waals surface area contributed by atoms with E-state index in [9.17, 15) is 9.59 Å². The van der Waals surface area contributed by atoms with E-state index in [4.69, 9.17) is 5.73 Å². The normalized spacial score (nSPS) is 10.8. The Bertz CT molecular complexity index is 2070. The van der Waals surface area contributed by atoms with Gasteiger partial charge in [-0.25, -0.2) is 0 Å². The first-order valence-corrected chi connectivity index (χ1v) is 21.1. The topological polar surface area (TPSA) is 84.2 Å². The van der Waals surface area contributed by atoms with Gasteiger partial charge in [0.2, 0.25) is 0 Å². The summed E-state index contributed by atoms with van der Waals surface area (Å²) in [6.07, 6.45) is 0.836. The van der Waals surface area contributed by atoms with E-state index in [-0.39, 0.29) is 11.8 Å². The summed E-state index contributed by atoms with van der Waals surface area (Å²) in [4.78, 5) is 27.2. The second-order valence-electron chi connectivity index (χ2n) is 14.3. The van der Waals surface area contributed by atoms with E-state index >= 15 is 0 Å². The largest absolute Gasteiger partial charge is 0.352 e. The molecule has 0 aromatic heterocycles. The molecule has 7 heteroatoms. The number of nitrogens with one attached hydrogen (secondary N) is 2. The van der Waals surface area contributed by atoms with Crippen molar-refractivity contribution >= 4 is 35.3 Å². The highest BCUT2D eigenvalue weighted by Gasteiger charge is 2.17. The molecule has 55 heavy (non-hydrogen) atoms. The Labute approximate surface area is 338 Å². The van der Waals surface area contributed by atoms with Crippen molar-refractivity contribution in [3.05, 3.63) is 162 Å². The molecule has 290 valence electrons. The predicted octanol–water partition coefficient (Wildman–Crippen LogP) is 10.7. The third kappa shape index (κ3) is 10.9. The Morgan fingerprint density at radius 1 is 0.473 bits per heavy atom. The molecule has 0 spiro atoms. The van der Waals surface area contributed by atoms with E-state index in [2.05, 4.69) is 98.1 Å². The van der Waals surface area contributed by atoms with Gasteiger partial charge in [0.25, 0.3) is 11.8 Å². The molecule has 5 rings (SSSR count). The van der Waals surface area contributed by atoms with Crippen molar-refractivity contribution in [1.29, 1.82) is 0 Å². The molecule has 0 aliphatic rings. The van der Waals surface area contributed by atoms with Gasteiger partial charge >= 0.3 is 0 Å². The molecule has 0 heterocycles. The van der Waals surface area contributed by atoms with E-state index in [1.54, 1.807) is 23.5 Å². The van der Waals surface area contributed by atoms with Gasteiger partial charge in [0.15, 0.2) is 0 Å². The quantitative estimate of drug-likeness (QED) is 0.104. The lowest BCUT2D eigenvalue weighted by molar-refractivity contribution is 0.0943. The monoisotopic (exact) mass is 773 g/mol. The maximum Gasteiger partial charge on any atom is 0.252 e. The zero-order chi connectivity index (χ0) is 40.2. The highest BCUT2D eigenvalue weighted by molar-refractivity contribution is 7.98. The number of carbonyl (C=O) groups excluding carboxylic acids is 2. The van der Waals surface area contributed by atoms with Gasteiger partial charge in [0, 0.05) is 40.9 Å². The average Bonchev–Trinajstić information content (AvgIpc) is 3.20. The average molecular weight is 774 g/mol. The predicted molar refractivity (Wildman–Crippen MR) is 236 cm³/mol. The molecule has 0 saturated carbocycles. The Kier molecular flexibility index (Phi) is 16.2. The van der Waals surface area contributed by atoms with Gasteiger partial charge in [0.05, 0.1) is 11.1 Å². The lowest BCUT2D eigenvalue weighted by Gasteiger charge is -2.19. The SMILES string of the molecule is Cc1c(C)c(C)c(CSc2ccccc2C(=O)NCCN)c(C)c1C.Cc1c(C)c(C)c(CSc2ccccc2C(=O)NCCc2ccccc2)c(C)c1C. The fourth-order valence-electron chi connectivity index (χ4n) is 6.79. The maximum absolute atomic E-state index is 12.8. The number of hydrogen-bond acceptors (Lipinski definition) is 5. The van der Waals surface area contributed by atoms with Crippen LogP contribution >= 0.6 is 23.5 Å². The van der Waals surface area contributed by atoms with Crippen molar-refractivity contribution in [3.63, 3.8) is 0 Å². The zero-order valence-corrected chi connectivity index (χ0v) is 36.1. The number of hydrogen-bond donors (Lipinski definition) is 3. The minimum Gasteiger partial charge on any atom is -0.352 e. The van der Waals surface area contributed by atoms with Crippen LogP contribution in [0.1, 0.15) is 93.0 Å². The smallest absolute Gasteiger partial charge is 0.252 e. The molecular formula is C48H59N3O2S2. The first-order valence-electron chi connectivity index (χ1n) is 19.1. The first kappa shape index (κ1) is 43.4. The molecule has 0 bridgehead atoms. The lowest BCUT2D eigenvalue weighted by Crippen LogP contribution is -2.29. The summed E-state index contributed by atoms with van der Waals surface area (Å²) in [5.74, 6) is 1.67. The van der Waals surface area contributed by atoms with Crippen LogP contribution in [0.2, 0.25) is 0 Å². The molecule has 2 amide bonds. The fraction of sp³-hybridized carbons (Fsp3) is 0.333. The second kappa shape index (κ2) is 20.6. The number of amides is 2. The minimum absolute atomic E-state index is 0.00116. The summed E-state index contributed by atoms with van der Waals surface area (Å²) < 4.78 is 0. The summed E-state index contributed by atoms with van der Waals surface area (Å²) in [6.45, 7) is 23.6. The highest BCUT2D eigenvalue weighted by Crippen LogP contribution is 2.34. The van der Waals surface area contributed by atoms with Crippen molar-refractivity contribution in [2.45, 2.75) is 97.0 Å². The van der Waals surface area contributed by atoms with Crippen molar-refractivity contribution in [2.75, 3.05) is 19.6 Å². The van der Waals surface area contributed by atoms with Gasteiger partial charge in [-0.05, 0) is 172 Å². The summed E-state index contributed by atoms with van der Waals surface area (Å²) in [6, 6.07) is 25.9. The Morgan fingerprint density at radius 3 is 1.22 bits per heavy atom. The highest BCUT2D eigenvalue weighted by atomic mass is 32.2. The van der Waals surface area contributed by atoms with E-state index in [1.165, 1.54) is 72.3 Å². The molecule has 0 saturated heterocycles. The molecule has 0 unspecified atom stereocenters. The molecule has 0 aliphatic carbocycles. The van der Waals surface area contributed by atoms with Gasteiger partial charge in [-0.3, -0.25) is 9.59 Å². The van der Waals surface area contributed by atoms with Crippen LogP contribution in [0.25, 0.3) is 0 Å². The molecule has 0 aliphatic heterocycles. The van der Waals surface area contributed by atoms with Crippen molar-refractivity contribution in [2.24, 2.45) is 5.73 Å². The number of nitrogens with two attached hydrogens (primary N) is 1. The minimum atomic E-state index is -0.0572. The number of carbonyl (C=O) groups is 2. The van der Waals surface area contributed by atoms with Gasteiger partial charge in [-0.15, -0.1) is 23.5 Å². The van der Waals surface area contributed by atoms with Crippen LogP contribution in [0.3, 0.4) is 0 Å². The number of rotatable bonds is 13. The molecule has 5 aromatic carbocycles. The van der Waals surface area contributed by atoms with Crippen LogP contribution in [0.15, 0.2) is 88.7 Å². The third-order valence-corrected chi connectivity index (χ3v) is 13.5. The molecule has 0 radical (unpaired) electrons. The van der Waals surface area contributed by atoms with Gasteiger partial charge in [-0.1, -0.05) is 54.6 Å². The van der Waals surface area contributed by atoms with Gasteiger partial charge in [0.1, 0.15) is 0 Å². The Balaban J connectivity index is 0.000000249. The van der Waals surface area contributed by atoms with Crippen molar-refractivity contribution in [1.82, 2.24) is 10.6 Å². The Hall–Kier alpha value is -4.30. The van der Waals surface area contributed by atoms with Crippen molar-refractivity contribution < 1.29 is 9.59 Å². The molecule has 5 nitrogen and oxygen atoms in total. The maximum atomic E-state index is 12.8. The first-order chi connectivity index (χ1) is 26.3. The van der Waals surface area contributed by atoms with Crippen LogP contribution in [0.5, 0.6) is 0 Å². The lowest BCUT2D eigenvalue weighted by atomic mass is 9.90. The van der Waals surface area contributed by atoms with E-state index in [0.29, 0.717) is 19.6 Å². The molecular weight excluding hydrogens is 715 g/mol. The van der Waals surface area contributed by atoms with Gasteiger partial charge < -0.3 is 16.4 Å². The van der Waals surface area contributed by atoms with E-state index < -0.39 is 0 Å². The van der Waals surface area contributed by atoms with Crippen LogP contribution in [0.4, 0.5) is 0 Å². The van der Waals surface area contributed by atoms with Crippen LogP contribution in [0, 0.1) is 69.2 Å². The van der Waals surface area contributed by atoms with Crippen molar-refractivity contribution in [3.8, 4) is 0 Å².